The van der Waals surface area contributed by atoms with Gasteiger partial charge in [0.15, 0.2) is 5.96 Å². The Morgan fingerprint density at radius 3 is 2.38 bits per heavy atom. The predicted molar refractivity (Wildman–Crippen MR) is 129 cm³/mol. The van der Waals surface area contributed by atoms with E-state index in [1.807, 2.05) is 12.1 Å². The molecule has 2 aromatic rings. The molecule has 2 aromatic carbocycles. The van der Waals surface area contributed by atoms with Crippen molar-refractivity contribution >= 4 is 35.6 Å². The van der Waals surface area contributed by atoms with Crippen LogP contribution in [0.15, 0.2) is 53.5 Å². The van der Waals surface area contributed by atoms with Crippen molar-refractivity contribution in [3.63, 3.8) is 0 Å². The molecule has 0 spiro atoms. The lowest BCUT2D eigenvalue weighted by Crippen LogP contribution is -2.51. The van der Waals surface area contributed by atoms with Crippen LogP contribution in [0.25, 0.3) is 0 Å². The van der Waals surface area contributed by atoms with Crippen LogP contribution in [0.4, 0.5) is 10.1 Å². The molecule has 158 valence electrons. The Kier molecular flexibility index (Phi) is 9.16. The summed E-state index contributed by atoms with van der Waals surface area (Å²) in [5.41, 5.74) is 9.76. The third-order valence-corrected chi connectivity index (χ3v) is 5.20. The van der Waals surface area contributed by atoms with Crippen LogP contribution in [0.1, 0.15) is 18.1 Å². The minimum absolute atomic E-state index is 0. The lowest BCUT2D eigenvalue weighted by atomic mass is 10.1. The van der Waals surface area contributed by atoms with Crippen LogP contribution in [0.3, 0.4) is 0 Å². The predicted octanol–water partition coefficient (Wildman–Crippen LogP) is 3.53. The first kappa shape index (κ1) is 23.4. The summed E-state index contributed by atoms with van der Waals surface area (Å²) in [6, 6.07) is 15.2. The van der Waals surface area contributed by atoms with Crippen molar-refractivity contribution in [3.05, 3.63) is 65.5 Å². The van der Waals surface area contributed by atoms with E-state index in [4.69, 9.17) is 5.73 Å². The molecule has 0 aromatic heterocycles. The molecule has 1 aliphatic rings. The van der Waals surface area contributed by atoms with Crippen molar-refractivity contribution in [3.8, 4) is 0 Å². The van der Waals surface area contributed by atoms with Gasteiger partial charge < -0.3 is 20.4 Å². The van der Waals surface area contributed by atoms with Crippen molar-refractivity contribution in [2.75, 3.05) is 44.7 Å². The van der Waals surface area contributed by atoms with Crippen LogP contribution in [0.5, 0.6) is 0 Å². The maximum Gasteiger partial charge on any atom is 0.191 e. The van der Waals surface area contributed by atoms with Crippen molar-refractivity contribution in [1.82, 2.24) is 9.80 Å². The largest absolute Gasteiger partial charge is 0.370 e. The number of guanidine groups is 1. The standard InChI is InChI=1S/C22H30FN5.HI/c1-3-26(2)17-19-6-4-5-18(15-19)16-25-22(24)28-13-11-27(12-14-28)21-9-7-20(23)8-10-21;/h4-10,15H,3,11-14,16-17H2,1-2H3,(H2,24,25);1H. The fraction of sp³-hybridized carbons (Fsp3) is 0.409. The van der Waals surface area contributed by atoms with Crippen LogP contribution in [0, 0.1) is 5.82 Å². The van der Waals surface area contributed by atoms with E-state index in [-0.39, 0.29) is 29.8 Å². The molecule has 0 amide bonds. The molecule has 0 bridgehead atoms. The summed E-state index contributed by atoms with van der Waals surface area (Å²) in [6.45, 7) is 8.04. The molecule has 2 N–H and O–H groups in total. The molecule has 0 atom stereocenters. The molecule has 5 nitrogen and oxygen atoms in total. The van der Waals surface area contributed by atoms with Gasteiger partial charge in [0, 0.05) is 38.4 Å². The average Bonchev–Trinajstić information content (AvgIpc) is 2.73. The van der Waals surface area contributed by atoms with Gasteiger partial charge in [0.2, 0.25) is 0 Å². The molecule has 3 rings (SSSR count). The molecule has 7 heteroatoms. The number of hydrogen-bond acceptors (Lipinski definition) is 3. The van der Waals surface area contributed by atoms with Gasteiger partial charge >= 0.3 is 0 Å². The summed E-state index contributed by atoms with van der Waals surface area (Å²) < 4.78 is 13.1. The smallest absolute Gasteiger partial charge is 0.191 e. The zero-order chi connectivity index (χ0) is 19.9. The van der Waals surface area contributed by atoms with Crippen LogP contribution in [-0.4, -0.2) is 55.5 Å². The fourth-order valence-corrected chi connectivity index (χ4v) is 3.37. The summed E-state index contributed by atoms with van der Waals surface area (Å²) in [7, 11) is 2.12. The number of aliphatic imine (C=N–C) groups is 1. The van der Waals surface area contributed by atoms with E-state index in [1.165, 1.54) is 23.3 Å². The van der Waals surface area contributed by atoms with Gasteiger partial charge in [-0.2, -0.15) is 0 Å². The highest BCUT2D eigenvalue weighted by Gasteiger charge is 2.18. The highest BCUT2D eigenvalue weighted by molar-refractivity contribution is 14.0. The second-order valence-corrected chi connectivity index (χ2v) is 7.28. The maximum absolute atomic E-state index is 13.1. The average molecular weight is 511 g/mol. The quantitative estimate of drug-likeness (QED) is 0.367. The molecule has 0 saturated carbocycles. The number of nitrogens with zero attached hydrogens (tertiary/aromatic N) is 4. The zero-order valence-electron chi connectivity index (χ0n) is 17.2. The first-order valence-corrected chi connectivity index (χ1v) is 9.87. The number of halogens is 2. The third kappa shape index (κ3) is 6.85. The van der Waals surface area contributed by atoms with E-state index in [2.05, 4.69) is 57.9 Å². The van der Waals surface area contributed by atoms with E-state index >= 15 is 0 Å². The highest BCUT2D eigenvalue weighted by Crippen LogP contribution is 2.17. The first-order valence-electron chi connectivity index (χ1n) is 9.87. The molecule has 0 unspecified atom stereocenters. The topological polar surface area (TPSA) is 48.1 Å². The lowest BCUT2D eigenvalue weighted by molar-refractivity contribution is 0.345. The molecule has 29 heavy (non-hydrogen) atoms. The summed E-state index contributed by atoms with van der Waals surface area (Å²) in [5.74, 6) is 0.388. The molecule has 1 aliphatic heterocycles. The van der Waals surface area contributed by atoms with E-state index < -0.39 is 0 Å². The molecular weight excluding hydrogens is 480 g/mol. The molecule has 1 heterocycles. The molecular formula is C22H31FIN5. The summed E-state index contributed by atoms with van der Waals surface area (Å²) in [6.07, 6.45) is 0. The summed E-state index contributed by atoms with van der Waals surface area (Å²) in [4.78, 5) is 11.2. The van der Waals surface area contributed by atoms with Crippen LogP contribution < -0.4 is 10.6 Å². The number of hydrogen-bond donors (Lipinski definition) is 1. The minimum Gasteiger partial charge on any atom is -0.370 e. The van der Waals surface area contributed by atoms with Gasteiger partial charge in [-0.05, 0) is 49.0 Å². The number of anilines is 1. The second-order valence-electron chi connectivity index (χ2n) is 7.28. The van der Waals surface area contributed by atoms with Crippen molar-refractivity contribution < 1.29 is 4.39 Å². The van der Waals surface area contributed by atoms with Gasteiger partial charge in [0.25, 0.3) is 0 Å². The van der Waals surface area contributed by atoms with Crippen molar-refractivity contribution in [2.24, 2.45) is 10.7 Å². The third-order valence-electron chi connectivity index (χ3n) is 5.20. The van der Waals surface area contributed by atoms with E-state index in [0.29, 0.717) is 12.5 Å². The number of rotatable bonds is 6. The lowest BCUT2D eigenvalue weighted by Gasteiger charge is -2.36. The molecule has 0 aliphatic carbocycles. The normalized spacial score (nSPS) is 14.8. The van der Waals surface area contributed by atoms with Gasteiger partial charge in [-0.25, -0.2) is 9.38 Å². The Labute approximate surface area is 190 Å². The Hall–Kier alpha value is -1.87. The molecule has 1 fully saturated rings. The summed E-state index contributed by atoms with van der Waals surface area (Å²) >= 11 is 0. The van der Waals surface area contributed by atoms with E-state index in [0.717, 1.165) is 45.0 Å². The fourth-order valence-electron chi connectivity index (χ4n) is 3.37. The minimum atomic E-state index is -0.204. The van der Waals surface area contributed by atoms with Gasteiger partial charge in [-0.15, -0.1) is 24.0 Å². The van der Waals surface area contributed by atoms with Crippen LogP contribution in [0.2, 0.25) is 0 Å². The van der Waals surface area contributed by atoms with Crippen molar-refractivity contribution in [2.45, 2.75) is 20.0 Å². The zero-order valence-corrected chi connectivity index (χ0v) is 19.6. The number of nitrogens with two attached hydrogens (primary N) is 1. The Morgan fingerprint density at radius 2 is 1.72 bits per heavy atom. The molecule has 0 radical (unpaired) electrons. The Morgan fingerprint density at radius 1 is 1.07 bits per heavy atom. The Bertz CT molecular complexity index is 788. The van der Waals surface area contributed by atoms with Gasteiger partial charge in [-0.1, -0.05) is 31.2 Å². The van der Waals surface area contributed by atoms with E-state index in [9.17, 15) is 4.39 Å². The van der Waals surface area contributed by atoms with E-state index in [1.54, 1.807) is 0 Å². The number of piperazine rings is 1. The first-order chi connectivity index (χ1) is 13.5. The summed E-state index contributed by atoms with van der Waals surface area (Å²) in [5, 5.41) is 0. The van der Waals surface area contributed by atoms with Gasteiger partial charge in [0.05, 0.1) is 6.54 Å². The second kappa shape index (κ2) is 11.3. The maximum atomic E-state index is 13.1. The van der Waals surface area contributed by atoms with Crippen LogP contribution in [-0.2, 0) is 13.1 Å². The van der Waals surface area contributed by atoms with Gasteiger partial charge in [0.1, 0.15) is 5.82 Å². The van der Waals surface area contributed by atoms with Gasteiger partial charge in [-0.3, -0.25) is 0 Å². The van der Waals surface area contributed by atoms with Crippen molar-refractivity contribution in [1.29, 1.82) is 0 Å². The number of benzene rings is 2. The Balaban J connectivity index is 0.00000300. The monoisotopic (exact) mass is 511 g/mol. The highest BCUT2D eigenvalue weighted by atomic mass is 127. The SMILES string of the molecule is CCN(C)Cc1cccc(CN=C(N)N2CCN(c3ccc(F)cc3)CC2)c1.I. The van der Waals surface area contributed by atoms with Crippen LogP contribution >= 0.6 is 24.0 Å². The molecule has 1 saturated heterocycles.